The summed E-state index contributed by atoms with van der Waals surface area (Å²) in [6.45, 7) is 3.65. The van der Waals surface area contributed by atoms with Crippen LogP contribution in [0.25, 0.3) is 0 Å². The molecule has 0 saturated carbocycles. The van der Waals surface area contributed by atoms with Gasteiger partial charge in [0.05, 0.1) is 17.4 Å². The van der Waals surface area contributed by atoms with Crippen LogP contribution in [0.15, 0.2) is 47.2 Å². The molecule has 122 valence electrons. The molecule has 0 fully saturated rings. The smallest absolute Gasteiger partial charge is 0.257 e. The van der Waals surface area contributed by atoms with E-state index >= 15 is 0 Å². The number of hydrogen-bond donors (Lipinski definition) is 2. The van der Waals surface area contributed by atoms with Gasteiger partial charge in [0.2, 0.25) is 0 Å². The normalized spacial score (nSPS) is 10.5. The number of halogens is 1. The van der Waals surface area contributed by atoms with Crippen molar-refractivity contribution in [2.24, 2.45) is 0 Å². The van der Waals surface area contributed by atoms with E-state index in [9.17, 15) is 4.79 Å². The lowest BCUT2D eigenvalue weighted by molar-refractivity contribution is 0.102. The maximum absolute atomic E-state index is 12.4. The molecular formula is C17H15ClN4O2. The highest BCUT2D eigenvalue weighted by Gasteiger charge is 2.11. The summed E-state index contributed by atoms with van der Waals surface area (Å²) in [7, 11) is 0. The lowest BCUT2D eigenvalue weighted by Gasteiger charge is -2.10. The molecule has 3 rings (SSSR count). The monoisotopic (exact) mass is 342 g/mol. The highest BCUT2D eigenvalue weighted by atomic mass is 35.5. The van der Waals surface area contributed by atoms with E-state index in [4.69, 9.17) is 16.1 Å². The number of carbonyl (C=O) groups excluding carboxylic acids is 1. The number of rotatable bonds is 4. The van der Waals surface area contributed by atoms with E-state index in [1.807, 2.05) is 6.92 Å². The fourth-order valence-corrected chi connectivity index (χ4v) is 2.32. The molecule has 0 aliphatic carbocycles. The molecule has 0 radical (unpaired) electrons. The number of hydrogen-bond acceptors (Lipinski definition) is 5. The van der Waals surface area contributed by atoms with Crippen molar-refractivity contribution in [3.63, 3.8) is 0 Å². The molecule has 24 heavy (non-hydrogen) atoms. The number of carbonyl (C=O) groups is 1. The Kier molecular flexibility index (Phi) is 4.48. The highest BCUT2D eigenvalue weighted by molar-refractivity contribution is 6.31. The summed E-state index contributed by atoms with van der Waals surface area (Å²) < 4.78 is 4.99. The van der Waals surface area contributed by atoms with Gasteiger partial charge in [-0.15, -0.1) is 0 Å². The molecule has 2 aromatic heterocycles. The summed E-state index contributed by atoms with van der Waals surface area (Å²) in [6, 6.07) is 8.80. The molecule has 0 spiro atoms. The van der Waals surface area contributed by atoms with Crippen LogP contribution in [0.1, 0.15) is 21.7 Å². The van der Waals surface area contributed by atoms with Gasteiger partial charge in [0.15, 0.2) is 5.82 Å². The van der Waals surface area contributed by atoms with Crippen molar-refractivity contribution in [3.8, 4) is 0 Å². The van der Waals surface area contributed by atoms with E-state index in [1.54, 1.807) is 43.5 Å². The predicted octanol–water partition coefficient (Wildman–Crippen LogP) is 4.34. The number of benzene rings is 1. The van der Waals surface area contributed by atoms with Crippen molar-refractivity contribution in [3.05, 3.63) is 64.6 Å². The first-order valence-electron chi connectivity index (χ1n) is 7.25. The molecular weight excluding hydrogens is 328 g/mol. The maximum Gasteiger partial charge on any atom is 0.257 e. The first kappa shape index (κ1) is 16.0. The average molecular weight is 343 g/mol. The third-order valence-electron chi connectivity index (χ3n) is 3.42. The van der Waals surface area contributed by atoms with E-state index in [-0.39, 0.29) is 5.91 Å². The van der Waals surface area contributed by atoms with Crippen LogP contribution in [0.4, 0.5) is 17.2 Å². The molecule has 7 heteroatoms. The molecule has 0 aliphatic heterocycles. The fourth-order valence-electron chi connectivity index (χ4n) is 2.14. The molecule has 6 nitrogen and oxygen atoms in total. The minimum Gasteiger partial charge on any atom is -0.360 e. The van der Waals surface area contributed by atoms with Crippen molar-refractivity contribution in [2.45, 2.75) is 13.8 Å². The number of nitrogens with one attached hydrogen (secondary N) is 2. The molecule has 0 atom stereocenters. The first-order valence-corrected chi connectivity index (χ1v) is 7.62. The van der Waals surface area contributed by atoms with Crippen LogP contribution in [0, 0.1) is 13.8 Å². The van der Waals surface area contributed by atoms with Crippen molar-refractivity contribution in [1.82, 2.24) is 10.1 Å². The molecule has 2 heterocycles. The minimum absolute atomic E-state index is 0.271. The SMILES string of the molecule is Cc1cc(Nc2cncc(C(=O)Nc3cccc(Cl)c3C)c2)no1. The number of pyridine rings is 1. The van der Waals surface area contributed by atoms with E-state index in [0.717, 1.165) is 5.56 Å². The van der Waals surface area contributed by atoms with E-state index in [2.05, 4.69) is 20.8 Å². The van der Waals surface area contributed by atoms with Gasteiger partial charge in [-0.1, -0.05) is 22.8 Å². The Morgan fingerprint density at radius 1 is 1.21 bits per heavy atom. The zero-order valence-electron chi connectivity index (χ0n) is 13.1. The van der Waals surface area contributed by atoms with Crippen LogP contribution in [-0.4, -0.2) is 16.0 Å². The second-order valence-electron chi connectivity index (χ2n) is 5.28. The zero-order valence-corrected chi connectivity index (χ0v) is 13.9. The number of anilines is 3. The standard InChI is InChI=1S/C17H15ClN4O2/c1-10-6-16(22-24-10)20-13-7-12(8-19-9-13)17(23)21-15-5-3-4-14(18)11(15)2/h3-9H,1-2H3,(H,20,22)(H,21,23). The van der Waals surface area contributed by atoms with Gasteiger partial charge in [-0.3, -0.25) is 9.78 Å². The molecule has 0 aliphatic rings. The van der Waals surface area contributed by atoms with Crippen LogP contribution in [0.3, 0.4) is 0 Å². The molecule has 1 amide bonds. The summed E-state index contributed by atoms with van der Waals surface area (Å²) in [5, 5.41) is 10.3. The Balaban J connectivity index is 1.78. The Morgan fingerprint density at radius 3 is 2.79 bits per heavy atom. The Morgan fingerprint density at radius 2 is 2.04 bits per heavy atom. The Hall–Kier alpha value is -2.86. The van der Waals surface area contributed by atoms with Crippen LogP contribution < -0.4 is 10.6 Å². The highest BCUT2D eigenvalue weighted by Crippen LogP contribution is 2.24. The van der Waals surface area contributed by atoms with Crippen LogP contribution in [-0.2, 0) is 0 Å². The van der Waals surface area contributed by atoms with E-state index in [0.29, 0.717) is 33.5 Å². The van der Waals surface area contributed by atoms with Gasteiger partial charge < -0.3 is 15.2 Å². The Labute approximate surface area is 143 Å². The molecule has 0 saturated heterocycles. The quantitative estimate of drug-likeness (QED) is 0.737. The Bertz CT molecular complexity index is 892. The summed E-state index contributed by atoms with van der Waals surface area (Å²) in [4.78, 5) is 16.5. The summed E-state index contributed by atoms with van der Waals surface area (Å²) in [6.07, 6.45) is 3.10. The van der Waals surface area contributed by atoms with Crippen molar-refractivity contribution in [2.75, 3.05) is 10.6 Å². The van der Waals surface area contributed by atoms with Crippen LogP contribution >= 0.6 is 11.6 Å². The molecule has 1 aromatic carbocycles. The van der Waals surface area contributed by atoms with Gasteiger partial charge in [0.1, 0.15) is 5.76 Å². The number of nitrogens with zero attached hydrogens (tertiary/aromatic N) is 2. The summed E-state index contributed by atoms with van der Waals surface area (Å²) in [5.41, 5.74) is 2.53. The minimum atomic E-state index is -0.271. The lowest BCUT2D eigenvalue weighted by Crippen LogP contribution is -2.13. The summed E-state index contributed by atoms with van der Waals surface area (Å²) >= 11 is 6.07. The second kappa shape index (κ2) is 6.72. The van der Waals surface area contributed by atoms with E-state index in [1.165, 1.54) is 6.20 Å². The van der Waals surface area contributed by atoms with Crippen LogP contribution in [0.5, 0.6) is 0 Å². The predicted molar refractivity (Wildman–Crippen MR) is 92.9 cm³/mol. The molecule has 3 aromatic rings. The van der Waals surface area contributed by atoms with Gasteiger partial charge in [0, 0.05) is 23.0 Å². The van der Waals surface area contributed by atoms with Gasteiger partial charge >= 0.3 is 0 Å². The third-order valence-corrected chi connectivity index (χ3v) is 3.83. The zero-order chi connectivity index (χ0) is 17.1. The summed E-state index contributed by atoms with van der Waals surface area (Å²) in [5.74, 6) is 0.973. The average Bonchev–Trinajstić information content (AvgIpc) is 2.97. The van der Waals surface area contributed by atoms with Crippen molar-refractivity contribution < 1.29 is 9.32 Å². The second-order valence-corrected chi connectivity index (χ2v) is 5.68. The van der Waals surface area contributed by atoms with Gasteiger partial charge in [0.25, 0.3) is 5.91 Å². The van der Waals surface area contributed by atoms with Gasteiger partial charge in [-0.2, -0.15) is 0 Å². The van der Waals surface area contributed by atoms with E-state index < -0.39 is 0 Å². The lowest BCUT2D eigenvalue weighted by atomic mass is 10.2. The van der Waals surface area contributed by atoms with Gasteiger partial charge in [-0.25, -0.2) is 0 Å². The first-order chi connectivity index (χ1) is 11.5. The van der Waals surface area contributed by atoms with Crippen LogP contribution in [0.2, 0.25) is 5.02 Å². The topological polar surface area (TPSA) is 80.0 Å². The number of aromatic nitrogens is 2. The molecule has 2 N–H and O–H groups in total. The molecule has 0 unspecified atom stereocenters. The largest absolute Gasteiger partial charge is 0.360 e. The third kappa shape index (κ3) is 3.55. The fraction of sp³-hybridized carbons (Fsp3) is 0.118. The van der Waals surface area contributed by atoms with Crippen molar-refractivity contribution in [1.29, 1.82) is 0 Å². The molecule has 0 bridgehead atoms. The van der Waals surface area contributed by atoms with Gasteiger partial charge in [-0.05, 0) is 37.6 Å². The number of aryl methyl sites for hydroxylation is 1. The number of amides is 1. The van der Waals surface area contributed by atoms with Crippen molar-refractivity contribution >= 4 is 34.7 Å². The maximum atomic E-state index is 12.4.